The Morgan fingerprint density at radius 1 is 1.50 bits per heavy atom. The Kier molecular flexibility index (Phi) is 4.22. The predicted molar refractivity (Wildman–Crippen MR) is 62.8 cm³/mol. The summed E-state index contributed by atoms with van der Waals surface area (Å²) >= 11 is 0. The van der Waals surface area contributed by atoms with Crippen molar-refractivity contribution >= 4 is 11.6 Å². The minimum atomic E-state index is -0.158. The van der Waals surface area contributed by atoms with Crippen molar-refractivity contribution in [1.82, 2.24) is 4.90 Å². The highest BCUT2D eigenvalue weighted by molar-refractivity contribution is 5.77. The molecule has 0 atom stereocenters. The van der Waals surface area contributed by atoms with Crippen LogP contribution in [0.4, 0.5) is 5.69 Å². The number of hydrogen-bond acceptors (Lipinski definition) is 3. The van der Waals surface area contributed by atoms with Gasteiger partial charge in [0.2, 0.25) is 0 Å². The molecule has 0 fully saturated rings. The Hall–Kier alpha value is -2.15. The second-order valence-corrected chi connectivity index (χ2v) is 3.31. The van der Waals surface area contributed by atoms with Crippen molar-refractivity contribution in [2.75, 3.05) is 25.9 Å². The molecule has 1 aromatic carbocycles. The average Bonchev–Trinajstić information content (AvgIpc) is 2.28. The minimum Gasteiger partial charge on any atom is -0.484 e. The van der Waals surface area contributed by atoms with Crippen LogP contribution in [0.15, 0.2) is 24.3 Å². The van der Waals surface area contributed by atoms with E-state index in [0.717, 1.165) is 0 Å². The molecule has 0 radical (unpaired) electrons. The van der Waals surface area contributed by atoms with Crippen molar-refractivity contribution in [1.29, 1.82) is 0 Å². The largest absolute Gasteiger partial charge is 0.484 e. The molecule has 0 unspecified atom stereocenters. The molecule has 0 spiro atoms. The molecule has 0 aliphatic rings. The maximum Gasteiger partial charge on any atom is 0.261 e. The number of nitrogens with zero attached hydrogens (tertiary/aromatic N) is 1. The quantitative estimate of drug-likeness (QED) is 0.599. The Morgan fingerprint density at radius 2 is 2.12 bits per heavy atom. The van der Waals surface area contributed by atoms with Gasteiger partial charge < -0.3 is 15.4 Å². The molecule has 0 aromatic heterocycles. The van der Waals surface area contributed by atoms with Crippen LogP contribution in [0.2, 0.25) is 0 Å². The summed E-state index contributed by atoms with van der Waals surface area (Å²) in [4.78, 5) is 12.9. The normalized spacial score (nSPS) is 9.25. The second-order valence-electron chi connectivity index (χ2n) is 3.31. The highest BCUT2D eigenvalue weighted by Gasteiger charge is 2.07. The minimum absolute atomic E-state index is 0.0257. The van der Waals surface area contributed by atoms with Gasteiger partial charge in [-0.2, -0.15) is 0 Å². The van der Waals surface area contributed by atoms with Crippen molar-refractivity contribution < 1.29 is 9.53 Å². The van der Waals surface area contributed by atoms with Crippen molar-refractivity contribution in [2.45, 2.75) is 0 Å². The van der Waals surface area contributed by atoms with Crippen molar-refractivity contribution in [3.63, 3.8) is 0 Å². The summed E-state index contributed by atoms with van der Waals surface area (Å²) in [6.45, 7) is 0.256. The third-order valence-corrected chi connectivity index (χ3v) is 2.00. The number of carbonyl (C=O) groups excluding carboxylic acids is 1. The Morgan fingerprint density at radius 3 is 2.69 bits per heavy atom. The summed E-state index contributed by atoms with van der Waals surface area (Å²) in [6, 6.07) is 6.85. The van der Waals surface area contributed by atoms with E-state index < -0.39 is 0 Å². The summed E-state index contributed by atoms with van der Waals surface area (Å²) < 4.78 is 5.27. The van der Waals surface area contributed by atoms with Crippen LogP contribution < -0.4 is 10.5 Å². The summed E-state index contributed by atoms with van der Waals surface area (Å²) in [7, 11) is 1.63. The molecule has 0 saturated heterocycles. The molecule has 84 valence electrons. The highest BCUT2D eigenvalue weighted by atomic mass is 16.5. The van der Waals surface area contributed by atoms with Gasteiger partial charge in [-0.1, -0.05) is 5.92 Å². The van der Waals surface area contributed by atoms with Gasteiger partial charge in [0.1, 0.15) is 5.75 Å². The molecule has 4 heteroatoms. The zero-order chi connectivity index (χ0) is 12.0. The smallest absolute Gasteiger partial charge is 0.261 e. The molecule has 0 aliphatic heterocycles. The van der Waals surface area contributed by atoms with Crippen molar-refractivity contribution in [3.8, 4) is 18.1 Å². The van der Waals surface area contributed by atoms with E-state index in [1.54, 1.807) is 31.3 Å². The van der Waals surface area contributed by atoms with Gasteiger partial charge in [0.25, 0.3) is 5.91 Å². The zero-order valence-corrected chi connectivity index (χ0v) is 9.14. The standard InChI is InChI=1S/C12H14N2O2/c1-3-8-14(2)12(15)9-16-11-6-4-10(13)5-7-11/h1,4-7H,8-9,13H2,2H3. The van der Waals surface area contributed by atoms with Crippen LogP contribution in [-0.2, 0) is 4.79 Å². The van der Waals surface area contributed by atoms with E-state index in [2.05, 4.69) is 5.92 Å². The summed E-state index contributed by atoms with van der Waals surface area (Å²) in [5, 5.41) is 0. The van der Waals surface area contributed by atoms with Gasteiger partial charge in [0.05, 0.1) is 6.54 Å². The summed E-state index contributed by atoms with van der Waals surface area (Å²) in [6.07, 6.45) is 5.09. The Bertz CT molecular complexity index is 392. The lowest BCUT2D eigenvalue weighted by Gasteiger charge is -2.14. The number of carbonyl (C=O) groups is 1. The van der Waals surface area contributed by atoms with Gasteiger partial charge in [-0.05, 0) is 24.3 Å². The van der Waals surface area contributed by atoms with Gasteiger partial charge in [-0.15, -0.1) is 6.42 Å². The molecule has 0 aliphatic carbocycles. The van der Waals surface area contributed by atoms with Crippen molar-refractivity contribution in [3.05, 3.63) is 24.3 Å². The third kappa shape index (κ3) is 3.54. The summed E-state index contributed by atoms with van der Waals surface area (Å²) in [5.41, 5.74) is 6.17. The van der Waals surface area contributed by atoms with E-state index in [4.69, 9.17) is 16.9 Å². The SMILES string of the molecule is C#CCN(C)C(=O)COc1ccc(N)cc1. The number of anilines is 1. The van der Waals surface area contributed by atoms with Crippen LogP contribution in [0, 0.1) is 12.3 Å². The van der Waals surface area contributed by atoms with E-state index in [1.807, 2.05) is 0 Å². The number of nitrogen functional groups attached to an aromatic ring is 1. The number of rotatable bonds is 4. The van der Waals surface area contributed by atoms with E-state index in [-0.39, 0.29) is 19.1 Å². The topological polar surface area (TPSA) is 55.6 Å². The lowest BCUT2D eigenvalue weighted by atomic mass is 10.3. The first-order valence-electron chi connectivity index (χ1n) is 4.79. The molecule has 0 heterocycles. The zero-order valence-electron chi connectivity index (χ0n) is 9.14. The predicted octanol–water partition coefficient (Wildman–Crippen LogP) is 0.739. The molecule has 1 amide bonds. The fourth-order valence-electron chi connectivity index (χ4n) is 1.04. The number of likely N-dealkylation sites (N-methyl/N-ethyl adjacent to an activating group) is 1. The molecule has 0 bridgehead atoms. The molecule has 0 saturated carbocycles. The third-order valence-electron chi connectivity index (χ3n) is 2.00. The molecule has 16 heavy (non-hydrogen) atoms. The fourth-order valence-corrected chi connectivity index (χ4v) is 1.04. The lowest BCUT2D eigenvalue weighted by molar-refractivity contribution is -0.131. The molecular weight excluding hydrogens is 204 g/mol. The first-order valence-corrected chi connectivity index (χ1v) is 4.79. The fraction of sp³-hybridized carbons (Fsp3) is 0.250. The van der Waals surface area contributed by atoms with Gasteiger partial charge >= 0.3 is 0 Å². The number of benzene rings is 1. The number of nitrogens with two attached hydrogens (primary N) is 1. The summed E-state index contributed by atoms with van der Waals surface area (Å²) in [5.74, 6) is 2.84. The van der Waals surface area contributed by atoms with Crippen LogP contribution in [0.5, 0.6) is 5.75 Å². The first-order chi connectivity index (χ1) is 7.63. The average molecular weight is 218 g/mol. The van der Waals surface area contributed by atoms with Crippen LogP contribution in [0.25, 0.3) is 0 Å². The molecule has 4 nitrogen and oxygen atoms in total. The maximum atomic E-state index is 11.5. The van der Waals surface area contributed by atoms with Crippen LogP contribution in [0.1, 0.15) is 0 Å². The number of ether oxygens (including phenoxy) is 1. The highest BCUT2D eigenvalue weighted by Crippen LogP contribution is 2.12. The van der Waals surface area contributed by atoms with E-state index in [1.165, 1.54) is 4.90 Å². The molecule has 1 rings (SSSR count). The lowest BCUT2D eigenvalue weighted by Crippen LogP contribution is -2.31. The molecular formula is C12H14N2O2. The van der Waals surface area contributed by atoms with Gasteiger partial charge in [-0.3, -0.25) is 4.79 Å². The van der Waals surface area contributed by atoms with E-state index >= 15 is 0 Å². The van der Waals surface area contributed by atoms with Crippen molar-refractivity contribution in [2.24, 2.45) is 0 Å². The first kappa shape index (κ1) is 11.9. The van der Waals surface area contributed by atoms with Gasteiger partial charge in [0.15, 0.2) is 6.61 Å². The maximum absolute atomic E-state index is 11.5. The molecule has 2 N–H and O–H groups in total. The molecule has 1 aromatic rings. The monoisotopic (exact) mass is 218 g/mol. The van der Waals surface area contributed by atoms with Crippen LogP contribution >= 0.6 is 0 Å². The van der Waals surface area contributed by atoms with Gasteiger partial charge in [0, 0.05) is 12.7 Å². The van der Waals surface area contributed by atoms with E-state index in [9.17, 15) is 4.79 Å². The van der Waals surface area contributed by atoms with E-state index in [0.29, 0.717) is 11.4 Å². The second kappa shape index (κ2) is 5.66. The number of hydrogen-bond donors (Lipinski definition) is 1. The van der Waals surface area contributed by atoms with Crippen LogP contribution in [0.3, 0.4) is 0 Å². The number of terminal acetylenes is 1. The number of amides is 1. The Labute approximate surface area is 95.0 Å². The van der Waals surface area contributed by atoms with Crippen LogP contribution in [-0.4, -0.2) is 31.0 Å². The Balaban J connectivity index is 2.43. The van der Waals surface area contributed by atoms with Gasteiger partial charge in [-0.25, -0.2) is 0 Å².